The molecule has 0 unspecified atom stereocenters. The van der Waals surface area contributed by atoms with Crippen molar-refractivity contribution < 1.29 is 19.0 Å². The number of carbonyl (C=O) groups excluding carboxylic acids is 1. The van der Waals surface area contributed by atoms with E-state index in [2.05, 4.69) is 11.4 Å². The van der Waals surface area contributed by atoms with Gasteiger partial charge >= 0.3 is 0 Å². The van der Waals surface area contributed by atoms with Crippen LogP contribution in [0.2, 0.25) is 0 Å². The van der Waals surface area contributed by atoms with Crippen molar-refractivity contribution in [1.29, 1.82) is 5.26 Å². The minimum Gasteiger partial charge on any atom is -0.496 e. The van der Waals surface area contributed by atoms with Gasteiger partial charge in [0, 0.05) is 18.7 Å². The predicted molar refractivity (Wildman–Crippen MR) is 88.4 cm³/mol. The van der Waals surface area contributed by atoms with Crippen LogP contribution in [0.4, 0.5) is 0 Å². The first-order valence-corrected chi connectivity index (χ1v) is 7.20. The lowest BCUT2D eigenvalue weighted by molar-refractivity contribution is 0.0947. The Labute approximate surface area is 140 Å². The van der Waals surface area contributed by atoms with Crippen molar-refractivity contribution in [3.63, 3.8) is 0 Å². The largest absolute Gasteiger partial charge is 0.496 e. The van der Waals surface area contributed by atoms with E-state index in [0.717, 1.165) is 5.56 Å². The molecule has 0 radical (unpaired) electrons. The van der Waals surface area contributed by atoms with E-state index in [4.69, 9.17) is 19.5 Å². The molecule has 0 bridgehead atoms. The summed E-state index contributed by atoms with van der Waals surface area (Å²) in [6.07, 6.45) is 0. The summed E-state index contributed by atoms with van der Waals surface area (Å²) >= 11 is 0. The van der Waals surface area contributed by atoms with Crippen LogP contribution in [0.1, 0.15) is 21.5 Å². The zero-order valence-corrected chi connectivity index (χ0v) is 13.8. The molecular formula is C18H18N2O4. The van der Waals surface area contributed by atoms with E-state index in [1.54, 1.807) is 30.3 Å². The van der Waals surface area contributed by atoms with Gasteiger partial charge in [0.2, 0.25) is 0 Å². The van der Waals surface area contributed by atoms with Gasteiger partial charge in [0.25, 0.3) is 5.91 Å². The Bertz CT molecular complexity index is 781. The number of rotatable bonds is 6. The standard InChI is InChI=1S/C18H18N2O4/c1-22-15-9-17(24-3)16(23-2)8-14(15)18(21)20-11-13-6-4-5-12(7-13)10-19/h4-9H,11H2,1-3H3,(H,20,21). The fourth-order valence-electron chi connectivity index (χ4n) is 2.24. The van der Waals surface area contributed by atoms with Gasteiger partial charge in [-0.05, 0) is 17.7 Å². The second kappa shape index (κ2) is 7.88. The van der Waals surface area contributed by atoms with Crippen LogP contribution < -0.4 is 19.5 Å². The van der Waals surface area contributed by atoms with Crippen molar-refractivity contribution in [2.24, 2.45) is 0 Å². The topological polar surface area (TPSA) is 80.6 Å². The van der Waals surface area contributed by atoms with E-state index in [1.807, 2.05) is 6.07 Å². The third-order valence-electron chi connectivity index (χ3n) is 3.46. The number of hydrogen-bond donors (Lipinski definition) is 1. The molecule has 0 aliphatic carbocycles. The number of benzene rings is 2. The molecule has 0 heterocycles. The molecule has 6 heteroatoms. The highest BCUT2D eigenvalue weighted by Gasteiger charge is 2.17. The number of nitrogens with zero attached hydrogens (tertiary/aromatic N) is 1. The van der Waals surface area contributed by atoms with Crippen molar-refractivity contribution >= 4 is 5.91 Å². The zero-order chi connectivity index (χ0) is 17.5. The summed E-state index contributed by atoms with van der Waals surface area (Å²) in [7, 11) is 4.49. The van der Waals surface area contributed by atoms with Gasteiger partial charge in [-0.1, -0.05) is 12.1 Å². The Morgan fingerprint density at radius 1 is 1.04 bits per heavy atom. The number of nitrogens with one attached hydrogen (secondary N) is 1. The van der Waals surface area contributed by atoms with Gasteiger partial charge < -0.3 is 19.5 Å². The quantitative estimate of drug-likeness (QED) is 0.882. The molecule has 0 fully saturated rings. The molecule has 2 aromatic carbocycles. The fraction of sp³-hybridized carbons (Fsp3) is 0.222. The third kappa shape index (κ3) is 3.76. The fourth-order valence-corrected chi connectivity index (χ4v) is 2.24. The Balaban J connectivity index is 2.21. The molecule has 0 saturated carbocycles. The summed E-state index contributed by atoms with van der Waals surface area (Å²) in [6, 6.07) is 12.3. The molecule has 0 spiro atoms. The molecular weight excluding hydrogens is 308 g/mol. The average molecular weight is 326 g/mol. The van der Waals surface area contributed by atoms with Crippen LogP contribution in [-0.2, 0) is 6.54 Å². The van der Waals surface area contributed by atoms with Gasteiger partial charge in [0.05, 0.1) is 38.5 Å². The van der Waals surface area contributed by atoms with Crippen LogP contribution in [0.25, 0.3) is 0 Å². The molecule has 6 nitrogen and oxygen atoms in total. The first-order valence-electron chi connectivity index (χ1n) is 7.20. The first-order chi connectivity index (χ1) is 11.6. The van der Waals surface area contributed by atoms with Crippen LogP contribution in [0.3, 0.4) is 0 Å². The maximum Gasteiger partial charge on any atom is 0.255 e. The van der Waals surface area contributed by atoms with Gasteiger partial charge in [0.1, 0.15) is 5.75 Å². The summed E-state index contributed by atoms with van der Waals surface area (Å²) in [5, 5.41) is 11.7. The second-order valence-corrected chi connectivity index (χ2v) is 4.90. The number of hydrogen-bond acceptors (Lipinski definition) is 5. The Hall–Kier alpha value is -3.20. The molecule has 0 aromatic heterocycles. The van der Waals surface area contributed by atoms with E-state index in [0.29, 0.717) is 34.9 Å². The van der Waals surface area contributed by atoms with Gasteiger partial charge in [-0.25, -0.2) is 0 Å². The molecule has 2 rings (SSSR count). The summed E-state index contributed by atoms with van der Waals surface area (Å²) in [4.78, 5) is 12.5. The van der Waals surface area contributed by atoms with Gasteiger partial charge in [-0.3, -0.25) is 4.79 Å². The van der Waals surface area contributed by atoms with Crippen molar-refractivity contribution in [2.45, 2.75) is 6.54 Å². The van der Waals surface area contributed by atoms with E-state index < -0.39 is 0 Å². The number of amides is 1. The summed E-state index contributed by atoms with van der Waals surface area (Å²) in [5.74, 6) is 0.994. The minimum absolute atomic E-state index is 0.297. The average Bonchev–Trinajstić information content (AvgIpc) is 2.64. The van der Waals surface area contributed by atoms with E-state index in [9.17, 15) is 4.79 Å². The predicted octanol–water partition coefficient (Wildman–Crippen LogP) is 2.51. The minimum atomic E-state index is -0.310. The van der Waals surface area contributed by atoms with Gasteiger partial charge in [0.15, 0.2) is 11.5 Å². The highest BCUT2D eigenvalue weighted by atomic mass is 16.5. The summed E-state index contributed by atoms with van der Waals surface area (Å²) in [5.41, 5.74) is 1.72. The number of ether oxygens (including phenoxy) is 3. The molecule has 1 amide bonds. The van der Waals surface area contributed by atoms with Crippen molar-refractivity contribution in [2.75, 3.05) is 21.3 Å². The van der Waals surface area contributed by atoms with Crippen LogP contribution in [0.15, 0.2) is 36.4 Å². The lowest BCUT2D eigenvalue weighted by Crippen LogP contribution is -2.23. The molecule has 0 aliphatic rings. The highest BCUT2D eigenvalue weighted by molar-refractivity contribution is 5.97. The SMILES string of the molecule is COc1cc(OC)c(C(=O)NCc2cccc(C#N)c2)cc1OC. The summed E-state index contributed by atoms with van der Waals surface area (Å²) in [6.45, 7) is 0.297. The maximum atomic E-state index is 12.5. The number of methoxy groups -OCH3 is 3. The van der Waals surface area contributed by atoms with Crippen molar-refractivity contribution in [3.8, 4) is 23.3 Å². The smallest absolute Gasteiger partial charge is 0.255 e. The van der Waals surface area contributed by atoms with Crippen LogP contribution >= 0.6 is 0 Å². The first kappa shape index (κ1) is 17.2. The highest BCUT2D eigenvalue weighted by Crippen LogP contribution is 2.34. The van der Waals surface area contributed by atoms with Crippen LogP contribution in [0.5, 0.6) is 17.2 Å². The van der Waals surface area contributed by atoms with Gasteiger partial charge in [-0.2, -0.15) is 5.26 Å². The zero-order valence-electron chi connectivity index (χ0n) is 13.8. The van der Waals surface area contributed by atoms with E-state index in [1.165, 1.54) is 21.3 Å². The molecule has 0 saturated heterocycles. The molecule has 2 aromatic rings. The summed E-state index contributed by atoms with van der Waals surface area (Å²) < 4.78 is 15.7. The lowest BCUT2D eigenvalue weighted by Gasteiger charge is -2.14. The van der Waals surface area contributed by atoms with Gasteiger partial charge in [-0.15, -0.1) is 0 Å². The lowest BCUT2D eigenvalue weighted by atomic mass is 10.1. The van der Waals surface area contributed by atoms with Crippen molar-refractivity contribution in [3.05, 3.63) is 53.1 Å². The Morgan fingerprint density at radius 2 is 1.71 bits per heavy atom. The third-order valence-corrected chi connectivity index (χ3v) is 3.46. The molecule has 0 aliphatic heterocycles. The van der Waals surface area contributed by atoms with Crippen LogP contribution in [-0.4, -0.2) is 27.2 Å². The number of nitriles is 1. The van der Waals surface area contributed by atoms with Crippen molar-refractivity contribution in [1.82, 2.24) is 5.32 Å². The maximum absolute atomic E-state index is 12.5. The monoisotopic (exact) mass is 326 g/mol. The number of carbonyl (C=O) groups is 1. The molecule has 1 N–H and O–H groups in total. The van der Waals surface area contributed by atoms with E-state index >= 15 is 0 Å². The Kier molecular flexibility index (Phi) is 5.63. The van der Waals surface area contributed by atoms with E-state index in [-0.39, 0.29) is 5.91 Å². The molecule has 124 valence electrons. The Morgan fingerprint density at radius 3 is 2.33 bits per heavy atom. The molecule has 24 heavy (non-hydrogen) atoms. The molecule has 0 atom stereocenters. The van der Waals surface area contributed by atoms with Crippen LogP contribution in [0, 0.1) is 11.3 Å². The second-order valence-electron chi connectivity index (χ2n) is 4.90. The normalized spacial score (nSPS) is 9.75.